The van der Waals surface area contributed by atoms with Crippen molar-refractivity contribution in [1.29, 1.82) is 0 Å². The summed E-state index contributed by atoms with van der Waals surface area (Å²) in [6.07, 6.45) is 3.99. The number of anilines is 1. The second kappa shape index (κ2) is 5.96. The van der Waals surface area contributed by atoms with Gasteiger partial charge >= 0.3 is 0 Å². The van der Waals surface area contributed by atoms with Gasteiger partial charge in [-0.3, -0.25) is 9.48 Å². The molecule has 0 atom stereocenters. The van der Waals surface area contributed by atoms with Gasteiger partial charge in [0.1, 0.15) is 10.8 Å². The third kappa shape index (κ3) is 3.19. The highest BCUT2D eigenvalue weighted by atomic mass is 79.9. The maximum Gasteiger partial charge on any atom is 0.283 e. The summed E-state index contributed by atoms with van der Waals surface area (Å²) in [5.74, 6) is 0.765. The van der Waals surface area contributed by atoms with Crippen molar-refractivity contribution in [2.24, 2.45) is 7.05 Å². The summed E-state index contributed by atoms with van der Waals surface area (Å²) < 4.78 is 3.56. The quantitative estimate of drug-likeness (QED) is 0.879. The molecule has 0 unspecified atom stereocenters. The van der Waals surface area contributed by atoms with Crippen LogP contribution in [0.3, 0.4) is 0 Å². The molecule has 19 heavy (non-hydrogen) atoms. The molecule has 0 bridgehead atoms. The smallest absolute Gasteiger partial charge is 0.283 e. The van der Waals surface area contributed by atoms with Crippen molar-refractivity contribution >= 4 is 21.6 Å². The lowest BCUT2D eigenvalue weighted by atomic mass is 10.4. The molecular weight excluding hydrogens is 312 g/mol. The molecule has 0 saturated carbocycles. The fourth-order valence-electron chi connectivity index (χ4n) is 1.62. The summed E-state index contributed by atoms with van der Waals surface area (Å²) in [6.45, 7) is 3.07. The third-order valence-corrected chi connectivity index (χ3v) is 3.36. The second-order valence-corrected chi connectivity index (χ2v) is 4.80. The first kappa shape index (κ1) is 13.7. The maximum absolute atomic E-state index is 11.8. The van der Waals surface area contributed by atoms with Crippen molar-refractivity contribution in [1.82, 2.24) is 24.5 Å². The molecule has 0 aliphatic rings. The minimum absolute atomic E-state index is 0.136. The lowest BCUT2D eigenvalue weighted by Crippen LogP contribution is -2.24. The molecule has 0 spiro atoms. The first-order valence-corrected chi connectivity index (χ1v) is 6.75. The average molecular weight is 327 g/mol. The van der Waals surface area contributed by atoms with Gasteiger partial charge in [-0.15, -0.1) is 0 Å². The summed E-state index contributed by atoms with van der Waals surface area (Å²) in [4.78, 5) is 16.0. The topological polar surface area (TPSA) is 77.6 Å². The van der Waals surface area contributed by atoms with Gasteiger partial charge in [-0.1, -0.05) is 0 Å². The third-order valence-electron chi connectivity index (χ3n) is 2.60. The zero-order valence-electron chi connectivity index (χ0n) is 10.8. The lowest BCUT2D eigenvalue weighted by Gasteiger charge is -2.08. The second-order valence-electron chi connectivity index (χ2n) is 4.00. The summed E-state index contributed by atoms with van der Waals surface area (Å²) in [7, 11) is 1.83. The van der Waals surface area contributed by atoms with Gasteiger partial charge < -0.3 is 5.32 Å². The Bertz CT molecular complexity index is 620. The van der Waals surface area contributed by atoms with Crippen LogP contribution < -0.4 is 10.9 Å². The van der Waals surface area contributed by atoms with Gasteiger partial charge in [0.25, 0.3) is 5.56 Å². The van der Waals surface area contributed by atoms with Crippen LogP contribution in [-0.4, -0.2) is 31.1 Å². The Hall–Kier alpha value is -1.70. The zero-order valence-corrected chi connectivity index (χ0v) is 12.4. The summed E-state index contributed by atoms with van der Waals surface area (Å²) in [5, 5.41) is 11.4. The number of aromatic nitrogens is 5. The number of nitrogens with zero attached hydrogens (tertiary/aromatic N) is 5. The van der Waals surface area contributed by atoms with Crippen LogP contribution in [-0.2, 0) is 20.0 Å². The molecule has 0 aromatic carbocycles. The zero-order chi connectivity index (χ0) is 13.8. The van der Waals surface area contributed by atoms with Crippen LogP contribution in [0, 0.1) is 0 Å². The normalized spacial score (nSPS) is 10.7. The van der Waals surface area contributed by atoms with E-state index in [4.69, 9.17) is 0 Å². The van der Waals surface area contributed by atoms with E-state index in [-0.39, 0.29) is 5.56 Å². The first-order chi connectivity index (χ1) is 9.11. The van der Waals surface area contributed by atoms with E-state index in [2.05, 4.69) is 36.4 Å². The number of halogens is 1. The molecule has 0 radical (unpaired) electrons. The van der Waals surface area contributed by atoms with Crippen LogP contribution in [0.1, 0.15) is 12.7 Å². The Morgan fingerprint density at radius 1 is 1.47 bits per heavy atom. The molecule has 0 aliphatic heterocycles. The van der Waals surface area contributed by atoms with Crippen LogP contribution >= 0.6 is 15.9 Å². The molecule has 2 aromatic rings. The highest BCUT2D eigenvalue weighted by Crippen LogP contribution is 2.15. The Kier molecular flexibility index (Phi) is 4.31. The minimum Gasteiger partial charge on any atom is -0.382 e. The van der Waals surface area contributed by atoms with Gasteiger partial charge in [-0.05, 0) is 22.9 Å². The molecule has 0 amide bonds. The predicted octanol–water partition coefficient (Wildman–Crippen LogP) is 0.809. The van der Waals surface area contributed by atoms with Gasteiger partial charge in [0, 0.05) is 26.6 Å². The SMILES string of the molecule is CCn1ncc(NCCc2ncn(C)n2)c(Br)c1=O. The minimum atomic E-state index is -0.136. The lowest BCUT2D eigenvalue weighted by molar-refractivity contribution is 0.612. The fourth-order valence-corrected chi connectivity index (χ4v) is 2.07. The van der Waals surface area contributed by atoms with Gasteiger partial charge in [0.05, 0.1) is 11.9 Å². The predicted molar refractivity (Wildman–Crippen MR) is 75.1 cm³/mol. The molecule has 8 heteroatoms. The molecule has 2 aromatic heterocycles. The molecule has 2 heterocycles. The van der Waals surface area contributed by atoms with Crippen LogP contribution in [0.15, 0.2) is 21.8 Å². The van der Waals surface area contributed by atoms with Crippen molar-refractivity contribution in [3.63, 3.8) is 0 Å². The van der Waals surface area contributed by atoms with E-state index in [1.807, 2.05) is 14.0 Å². The summed E-state index contributed by atoms with van der Waals surface area (Å²) >= 11 is 3.29. The number of hydrogen-bond acceptors (Lipinski definition) is 5. The molecule has 102 valence electrons. The average Bonchev–Trinajstić information content (AvgIpc) is 2.81. The molecule has 7 nitrogen and oxygen atoms in total. The fraction of sp³-hybridized carbons (Fsp3) is 0.455. The molecule has 0 fully saturated rings. The van der Waals surface area contributed by atoms with Crippen molar-refractivity contribution in [2.75, 3.05) is 11.9 Å². The number of nitrogens with one attached hydrogen (secondary N) is 1. The molecule has 0 aliphatic carbocycles. The van der Waals surface area contributed by atoms with E-state index < -0.39 is 0 Å². The van der Waals surface area contributed by atoms with Crippen LogP contribution in [0.25, 0.3) is 0 Å². The van der Waals surface area contributed by atoms with E-state index in [1.165, 1.54) is 4.68 Å². The summed E-state index contributed by atoms with van der Waals surface area (Å²) in [6, 6.07) is 0. The maximum atomic E-state index is 11.8. The van der Waals surface area contributed by atoms with Crippen molar-refractivity contribution in [2.45, 2.75) is 19.9 Å². The number of rotatable bonds is 5. The van der Waals surface area contributed by atoms with Gasteiger partial charge in [-0.2, -0.15) is 10.2 Å². The van der Waals surface area contributed by atoms with E-state index in [0.717, 1.165) is 5.82 Å². The molecule has 1 N–H and O–H groups in total. The molecule has 0 saturated heterocycles. The van der Waals surface area contributed by atoms with Crippen LogP contribution in [0.4, 0.5) is 5.69 Å². The van der Waals surface area contributed by atoms with E-state index >= 15 is 0 Å². The van der Waals surface area contributed by atoms with Gasteiger partial charge in [0.15, 0.2) is 5.82 Å². The first-order valence-electron chi connectivity index (χ1n) is 5.95. The monoisotopic (exact) mass is 326 g/mol. The Morgan fingerprint density at radius 2 is 2.26 bits per heavy atom. The Balaban J connectivity index is 2.00. The number of hydrogen-bond donors (Lipinski definition) is 1. The summed E-state index contributed by atoms with van der Waals surface area (Å²) in [5.41, 5.74) is 0.550. The van der Waals surface area contributed by atoms with Crippen molar-refractivity contribution < 1.29 is 0 Å². The van der Waals surface area contributed by atoms with E-state index in [9.17, 15) is 4.79 Å². The standard InChI is InChI=1S/C11H15BrN6O/c1-3-18-11(19)10(12)8(6-15-18)13-5-4-9-14-7-17(2)16-9/h6-7,13H,3-5H2,1-2H3. The Labute approximate surface area is 118 Å². The van der Waals surface area contributed by atoms with Gasteiger partial charge in [0.2, 0.25) is 0 Å². The number of aryl methyl sites for hydroxylation is 2. The van der Waals surface area contributed by atoms with Crippen LogP contribution in [0.2, 0.25) is 0 Å². The largest absolute Gasteiger partial charge is 0.382 e. The van der Waals surface area contributed by atoms with Gasteiger partial charge in [-0.25, -0.2) is 9.67 Å². The highest BCUT2D eigenvalue weighted by Gasteiger charge is 2.07. The van der Waals surface area contributed by atoms with E-state index in [0.29, 0.717) is 29.7 Å². The van der Waals surface area contributed by atoms with E-state index in [1.54, 1.807) is 17.2 Å². The van der Waals surface area contributed by atoms with Crippen molar-refractivity contribution in [3.05, 3.63) is 33.2 Å². The molecule has 2 rings (SSSR count). The Morgan fingerprint density at radius 3 is 2.89 bits per heavy atom. The molecular formula is C11H15BrN6O. The highest BCUT2D eigenvalue weighted by molar-refractivity contribution is 9.10. The van der Waals surface area contributed by atoms with Crippen LogP contribution in [0.5, 0.6) is 0 Å². The van der Waals surface area contributed by atoms with Crippen molar-refractivity contribution in [3.8, 4) is 0 Å².